The van der Waals surface area contributed by atoms with Gasteiger partial charge in [-0.2, -0.15) is 0 Å². The number of nitrogens with one attached hydrogen (secondary N) is 1. The first-order valence-electron chi connectivity index (χ1n) is 9.47. The molecule has 1 N–H and O–H groups in total. The van der Waals surface area contributed by atoms with E-state index in [0.29, 0.717) is 30.4 Å². The lowest BCUT2D eigenvalue weighted by molar-refractivity contribution is 0.0693. The molecule has 0 radical (unpaired) electrons. The minimum absolute atomic E-state index is 0.0324. The summed E-state index contributed by atoms with van der Waals surface area (Å²) in [6.45, 7) is 5.36. The molecule has 3 rings (SSSR count). The third kappa shape index (κ3) is 5.03. The second-order valence-corrected chi connectivity index (χ2v) is 10.3. The Kier molecular flexibility index (Phi) is 6.72. The maximum atomic E-state index is 13.0. The molecule has 0 aromatic heterocycles. The number of ether oxygens (including phenoxy) is 1. The minimum Gasteiger partial charge on any atom is -0.496 e. The van der Waals surface area contributed by atoms with Crippen LogP contribution < -0.4 is 9.46 Å². The van der Waals surface area contributed by atoms with Gasteiger partial charge in [-0.05, 0) is 90.2 Å². The molecule has 2 aromatic rings. The van der Waals surface area contributed by atoms with Crippen LogP contribution in [0.15, 0.2) is 41.3 Å². The molecule has 29 heavy (non-hydrogen) atoms. The van der Waals surface area contributed by atoms with E-state index in [4.69, 9.17) is 4.74 Å². The van der Waals surface area contributed by atoms with E-state index in [-0.39, 0.29) is 16.4 Å². The van der Waals surface area contributed by atoms with Gasteiger partial charge in [0.1, 0.15) is 5.75 Å². The molecule has 1 amide bonds. The molecule has 1 fully saturated rings. The highest BCUT2D eigenvalue weighted by molar-refractivity contribution is 14.1. The van der Waals surface area contributed by atoms with E-state index in [2.05, 4.69) is 34.2 Å². The van der Waals surface area contributed by atoms with E-state index in [1.54, 1.807) is 11.0 Å². The molecule has 0 aliphatic carbocycles. The SMILES string of the molecule is COc1ccc(S(=O)(=O)Nc2ccc(I)cc2C)cc1C(=O)N1CCC(C)CC1. The number of carbonyl (C=O) groups excluding carboxylic acids is 1. The Morgan fingerprint density at radius 3 is 2.48 bits per heavy atom. The predicted octanol–water partition coefficient (Wildman–Crippen LogP) is 4.28. The Balaban J connectivity index is 1.91. The zero-order chi connectivity index (χ0) is 21.2. The van der Waals surface area contributed by atoms with Gasteiger partial charge in [-0.25, -0.2) is 8.42 Å². The first-order valence-corrected chi connectivity index (χ1v) is 12.0. The van der Waals surface area contributed by atoms with Crippen LogP contribution in [0.25, 0.3) is 0 Å². The highest BCUT2D eigenvalue weighted by atomic mass is 127. The fourth-order valence-corrected chi connectivity index (χ4v) is 5.15. The van der Waals surface area contributed by atoms with Gasteiger partial charge in [0.25, 0.3) is 15.9 Å². The van der Waals surface area contributed by atoms with Crippen LogP contribution in [0.1, 0.15) is 35.7 Å². The number of sulfonamides is 1. The molecular formula is C21H25IN2O4S. The number of hydrogen-bond acceptors (Lipinski definition) is 4. The number of carbonyl (C=O) groups is 1. The van der Waals surface area contributed by atoms with Crippen LogP contribution in [0, 0.1) is 16.4 Å². The number of piperidine rings is 1. The quantitative estimate of drug-likeness (QED) is 0.588. The second kappa shape index (κ2) is 8.91. The molecule has 0 atom stereocenters. The van der Waals surface area contributed by atoms with Crippen LogP contribution in [0.3, 0.4) is 0 Å². The molecule has 1 aliphatic heterocycles. The Morgan fingerprint density at radius 1 is 1.17 bits per heavy atom. The van der Waals surface area contributed by atoms with Crippen molar-refractivity contribution >= 4 is 44.2 Å². The molecular weight excluding hydrogens is 503 g/mol. The van der Waals surface area contributed by atoms with Crippen LogP contribution in [-0.4, -0.2) is 39.4 Å². The average molecular weight is 528 g/mol. The molecule has 6 nitrogen and oxygen atoms in total. The molecule has 0 unspecified atom stereocenters. The fraction of sp³-hybridized carbons (Fsp3) is 0.381. The van der Waals surface area contributed by atoms with E-state index in [0.717, 1.165) is 22.0 Å². The number of amides is 1. The zero-order valence-electron chi connectivity index (χ0n) is 16.7. The molecule has 8 heteroatoms. The third-order valence-electron chi connectivity index (χ3n) is 5.22. The fourth-order valence-electron chi connectivity index (χ4n) is 3.35. The number of nitrogens with zero attached hydrogens (tertiary/aromatic N) is 1. The van der Waals surface area contributed by atoms with Crippen LogP contribution >= 0.6 is 22.6 Å². The molecule has 1 heterocycles. The van der Waals surface area contributed by atoms with Crippen molar-refractivity contribution in [3.63, 3.8) is 0 Å². The van der Waals surface area contributed by atoms with Crippen molar-refractivity contribution in [2.24, 2.45) is 5.92 Å². The van der Waals surface area contributed by atoms with E-state index in [9.17, 15) is 13.2 Å². The number of benzene rings is 2. The summed E-state index contributed by atoms with van der Waals surface area (Å²) in [4.78, 5) is 14.8. The summed E-state index contributed by atoms with van der Waals surface area (Å²) >= 11 is 2.18. The minimum atomic E-state index is -3.85. The van der Waals surface area contributed by atoms with Crippen LogP contribution in [0.2, 0.25) is 0 Å². The summed E-state index contributed by atoms with van der Waals surface area (Å²) in [7, 11) is -2.37. The maximum Gasteiger partial charge on any atom is 0.261 e. The highest BCUT2D eigenvalue weighted by Crippen LogP contribution is 2.28. The van der Waals surface area contributed by atoms with Gasteiger partial charge < -0.3 is 9.64 Å². The van der Waals surface area contributed by atoms with Crippen LogP contribution in [0.5, 0.6) is 5.75 Å². The van der Waals surface area contributed by atoms with Gasteiger partial charge in [0.15, 0.2) is 0 Å². The van der Waals surface area contributed by atoms with Crippen LogP contribution in [-0.2, 0) is 10.0 Å². The standard InChI is InChI=1S/C21H25IN2O4S/c1-14-8-10-24(11-9-14)21(25)18-13-17(5-7-20(18)28-3)29(26,27)23-19-6-4-16(22)12-15(19)2/h4-7,12-14,23H,8-11H2,1-3H3. The van der Waals surface area contributed by atoms with Gasteiger partial charge in [0.05, 0.1) is 23.3 Å². The molecule has 0 bridgehead atoms. The predicted molar refractivity (Wildman–Crippen MR) is 122 cm³/mol. The smallest absolute Gasteiger partial charge is 0.261 e. The van der Waals surface area contributed by atoms with Crippen molar-refractivity contribution in [1.82, 2.24) is 4.90 Å². The van der Waals surface area contributed by atoms with Crippen molar-refractivity contribution in [2.45, 2.75) is 31.6 Å². The van der Waals surface area contributed by atoms with Crippen molar-refractivity contribution in [3.8, 4) is 5.75 Å². The van der Waals surface area contributed by atoms with Crippen molar-refractivity contribution in [1.29, 1.82) is 0 Å². The summed E-state index contributed by atoms with van der Waals surface area (Å²) in [5.41, 5.74) is 1.61. The van der Waals surface area contributed by atoms with Crippen molar-refractivity contribution in [2.75, 3.05) is 24.9 Å². The molecule has 2 aromatic carbocycles. The molecule has 0 spiro atoms. The summed E-state index contributed by atoms with van der Waals surface area (Å²) in [6, 6.07) is 9.88. The lowest BCUT2D eigenvalue weighted by atomic mass is 9.98. The normalized spacial score (nSPS) is 15.2. The maximum absolute atomic E-state index is 13.0. The van der Waals surface area contributed by atoms with E-state index >= 15 is 0 Å². The average Bonchev–Trinajstić information content (AvgIpc) is 2.69. The number of halogens is 1. The lowest BCUT2D eigenvalue weighted by Crippen LogP contribution is -2.38. The summed E-state index contributed by atoms with van der Waals surface area (Å²) < 4.78 is 34.9. The van der Waals surface area contributed by atoms with E-state index in [1.165, 1.54) is 25.3 Å². The van der Waals surface area contributed by atoms with Crippen LogP contribution in [0.4, 0.5) is 5.69 Å². The molecule has 0 saturated carbocycles. The topological polar surface area (TPSA) is 75.7 Å². The van der Waals surface area contributed by atoms with Crippen molar-refractivity contribution in [3.05, 3.63) is 51.1 Å². The summed E-state index contributed by atoms with van der Waals surface area (Å²) in [6.07, 6.45) is 1.89. The largest absolute Gasteiger partial charge is 0.496 e. The van der Waals surface area contributed by atoms with Crippen molar-refractivity contribution < 1.29 is 17.9 Å². The van der Waals surface area contributed by atoms with E-state index in [1.807, 2.05) is 19.1 Å². The summed E-state index contributed by atoms with van der Waals surface area (Å²) in [5, 5.41) is 0. The van der Waals surface area contributed by atoms with Gasteiger partial charge in [0.2, 0.25) is 0 Å². The highest BCUT2D eigenvalue weighted by Gasteiger charge is 2.26. The lowest BCUT2D eigenvalue weighted by Gasteiger charge is -2.30. The van der Waals surface area contributed by atoms with Gasteiger partial charge >= 0.3 is 0 Å². The molecule has 1 aliphatic rings. The number of hydrogen-bond donors (Lipinski definition) is 1. The number of methoxy groups -OCH3 is 1. The first-order chi connectivity index (χ1) is 13.7. The Bertz CT molecular complexity index is 1020. The van der Waals surface area contributed by atoms with Gasteiger partial charge in [0, 0.05) is 16.7 Å². The van der Waals surface area contributed by atoms with Gasteiger partial charge in [-0.15, -0.1) is 0 Å². The van der Waals surface area contributed by atoms with Gasteiger partial charge in [-0.3, -0.25) is 9.52 Å². The number of aryl methyl sites for hydroxylation is 1. The number of likely N-dealkylation sites (tertiary alicyclic amines) is 1. The first kappa shape index (κ1) is 21.9. The number of anilines is 1. The van der Waals surface area contributed by atoms with E-state index < -0.39 is 10.0 Å². The zero-order valence-corrected chi connectivity index (χ0v) is 19.7. The molecule has 156 valence electrons. The Morgan fingerprint density at radius 2 is 1.86 bits per heavy atom. The second-order valence-electron chi connectivity index (χ2n) is 7.40. The Labute approximate surface area is 185 Å². The molecule has 1 saturated heterocycles. The van der Waals surface area contributed by atoms with Gasteiger partial charge in [-0.1, -0.05) is 6.92 Å². The monoisotopic (exact) mass is 528 g/mol. The third-order valence-corrected chi connectivity index (χ3v) is 7.25. The number of rotatable bonds is 5. The summed E-state index contributed by atoms with van der Waals surface area (Å²) in [5.74, 6) is 0.767. The Hall–Kier alpha value is -1.81.